The largest absolute Gasteiger partial charge is 0.497 e. The molecule has 1 aromatic carbocycles. The zero-order valence-electron chi connectivity index (χ0n) is 14.0. The predicted octanol–water partition coefficient (Wildman–Crippen LogP) is 5.06. The third-order valence-corrected chi connectivity index (χ3v) is 5.83. The van der Waals surface area contributed by atoms with Gasteiger partial charge in [-0.2, -0.15) is 0 Å². The molecule has 3 heterocycles. The number of benzene rings is 1. The molecule has 0 amide bonds. The summed E-state index contributed by atoms with van der Waals surface area (Å²) in [6.45, 7) is 0.835. The van der Waals surface area contributed by atoms with Gasteiger partial charge in [0, 0.05) is 22.9 Å². The molecule has 25 heavy (non-hydrogen) atoms. The maximum Gasteiger partial charge on any atom is 0.141 e. The van der Waals surface area contributed by atoms with Gasteiger partial charge in [0.25, 0.3) is 0 Å². The number of aromatic nitrogens is 2. The lowest BCUT2D eigenvalue weighted by atomic mass is 10.1. The standard InChI is InChI=1S/C19H17N3OS2/c1-22(10-15-4-3-9-24-15)18-17-16(11-25-19(17)21-12-20-18)13-5-7-14(23-2)8-6-13/h3-9,11-12H,10H2,1-2H3. The molecule has 0 N–H and O–H groups in total. The molecule has 0 saturated carbocycles. The van der Waals surface area contributed by atoms with Crippen LogP contribution in [0.5, 0.6) is 5.75 Å². The van der Waals surface area contributed by atoms with Gasteiger partial charge in [0.2, 0.25) is 0 Å². The van der Waals surface area contributed by atoms with Crippen molar-refractivity contribution in [3.05, 3.63) is 58.4 Å². The number of hydrogen-bond acceptors (Lipinski definition) is 6. The van der Waals surface area contributed by atoms with Gasteiger partial charge in [-0.15, -0.1) is 22.7 Å². The van der Waals surface area contributed by atoms with Crippen LogP contribution in [-0.4, -0.2) is 24.1 Å². The average molecular weight is 367 g/mol. The van der Waals surface area contributed by atoms with Crippen LogP contribution in [-0.2, 0) is 6.54 Å². The van der Waals surface area contributed by atoms with E-state index >= 15 is 0 Å². The van der Waals surface area contributed by atoms with E-state index in [-0.39, 0.29) is 0 Å². The van der Waals surface area contributed by atoms with Crippen LogP contribution in [0.15, 0.2) is 53.5 Å². The van der Waals surface area contributed by atoms with Gasteiger partial charge in [0.15, 0.2) is 0 Å². The molecule has 4 rings (SSSR count). The van der Waals surface area contributed by atoms with Gasteiger partial charge >= 0.3 is 0 Å². The molecule has 0 saturated heterocycles. The van der Waals surface area contributed by atoms with Gasteiger partial charge in [-0.05, 0) is 29.1 Å². The van der Waals surface area contributed by atoms with Crippen molar-refractivity contribution in [2.45, 2.75) is 6.54 Å². The minimum Gasteiger partial charge on any atom is -0.497 e. The normalized spacial score (nSPS) is 11.0. The van der Waals surface area contributed by atoms with E-state index in [0.29, 0.717) is 0 Å². The Kier molecular flexibility index (Phi) is 4.38. The topological polar surface area (TPSA) is 38.3 Å². The Morgan fingerprint density at radius 3 is 2.64 bits per heavy atom. The second-order valence-electron chi connectivity index (χ2n) is 5.69. The molecule has 0 fully saturated rings. The van der Waals surface area contributed by atoms with Crippen molar-refractivity contribution in [3.63, 3.8) is 0 Å². The van der Waals surface area contributed by atoms with Crippen molar-refractivity contribution >= 4 is 38.7 Å². The lowest BCUT2D eigenvalue weighted by Crippen LogP contribution is -2.17. The minimum atomic E-state index is 0.835. The van der Waals surface area contributed by atoms with Gasteiger partial charge in [-0.25, -0.2) is 9.97 Å². The van der Waals surface area contributed by atoms with E-state index in [4.69, 9.17) is 4.74 Å². The molecule has 4 nitrogen and oxygen atoms in total. The number of fused-ring (bicyclic) bond motifs is 1. The molecule has 3 aromatic heterocycles. The number of nitrogens with zero attached hydrogens (tertiary/aromatic N) is 3. The second kappa shape index (κ2) is 6.82. The van der Waals surface area contributed by atoms with Crippen molar-refractivity contribution < 1.29 is 4.74 Å². The molecule has 126 valence electrons. The summed E-state index contributed by atoms with van der Waals surface area (Å²) in [4.78, 5) is 13.6. The molecule has 0 aliphatic carbocycles. The first kappa shape index (κ1) is 16.1. The van der Waals surface area contributed by atoms with Crippen LogP contribution in [0.3, 0.4) is 0 Å². The Morgan fingerprint density at radius 2 is 1.92 bits per heavy atom. The van der Waals surface area contributed by atoms with E-state index in [2.05, 4.69) is 56.9 Å². The summed E-state index contributed by atoms with van der Waals surface area (Å²) >= 11 is 3.41. The molecule has 0 unspecified atom stereocenters. The summed E-state index contributed by atoms with van der Waals surface area (Å²) < 4.78 is 5.27. The number of anilines is 1. The Bertz CT molecular complexity index is 978. The fourth-order valence-corrected chi connectivity index (χ4v) is 4.51. The smallest absolute Gasteiger partial charge is 0.141 e. The molecule has 0 spiro atoms. The minimum absolute atomic E-state index is 0.835. The summed E-state index contributed by atoms with van der Waals surface area (Å²) in [5, 5.41) is 5.37. The Labute approximate surface area is 154 Å². The second-order valence-corrected chi connectivity index (χ2v) is 7.58. The Hall–Kier alpha value is -2.44. The molecule has 6 heteroatoms. The van der Waals surface area contributed by atoms with E-state index < -0.39 is 0 Å². The van der Waals surface area contributed by atoms with E-state index in [0.717, 1.165) is 39.5 Å². The maximum atomic E-state index is 5.27. The Balaban J connectivity index is 1.78. The lowest BCUT2D eigenvalue weighted by molar-refractivity contribution is 0.415. The summed E-state index contributed by atoms with van der Waals surface area (Å²) in [6.07, 6.45) is 1.65. The first-order chi connectivity index (χ1) is 12.3. The van der Waals surface area contributed by atoms with Gasteiger partial charge in [-0.1, -0.05) is 18.2 Å². The molecular weight excluding hydrogens is 350 g/mol. The van der Waals surface area contributed by atoms with Crippen LogP contribution in [0.2, 0.25) is 0 Å². The number of thiophene rings is 2. The van der Waals surface area contributed by atoms with Crippen LogP contribution >= 0.6 is 22.7 Å². The van der Waals surface area contributed by atoms with Crippen LogP contribution < -0.4 is 9.64 Å². The van der Waals surface area contributed by atoms with Crippen molar-refractivity contribution in [1.82, 2.24) is 9.97 Å². The average Bonchev–Trinajstić information content (AvgIpc) is 3.31. The number of rotatable bonds is 5. The summed E-state index contributed by atoms with van der Waals surface area (Å²) in [6, 6.07) is 12.4. The zero-order valence-corrected chi connectivity index (χ0v) is 15.6. The molecule has 0 bridgehead atoms. The molecular formula is C19H17N3OS2. The molecule has 0 aliphatic rings. The number of methoxy groups -OCH3 is 1. The lowest BCUT2D eigenvalue weighted by Gasteiger charge is -2.18. The van der Waals surface area contributed by atoms with Gasteiger partial charge in [0.05, 0.1) is 19.0 Å². The van der Waals surface area contributed by atoms with E-state index in [1.165, 1.54) is 4.88 Å². The van der Waals surface area contributed by atoms with Crippen molar-refractivity contribution in [1.29, 1.82) is 0 Å². The van der Waals surface area contributed by atoms with E-state index in [1.54, 1.807) is 36.1 Å². The quantitative estimate of drug-likeness (QED) is 0.494. The van der Waals surface area contributed by atoms with Crippen molar-refractivity contribution in [2.24, 2.45) is 0 Å². The fourth-order valence-electron chi connectivity index (χ4n) is 2.84. The van der Waals surface area contributed by atoms with E-state index in [9.17, 15) is 0 Å². The highest BCUT2D eigenvalue weighted by atomic mass is 32.1. The summed E-state index contributed by atoms with van der Waals surface area (Å²) in [5.41, 5.74) is 2.31. The fraction of sp³-hybridized carbons (Fsp3) is 0.158. The first-order valence-corrected chi connectivity index (χ1v) is 9.62. The van der Waals surface area contributed by atoms with Crippen LogP contribution in [0.4, 0.5) is 5.82 Å². The van der Waals surface area contributed by atoms with Crippen molar-refractivity contribution in [3.8, 4) is 16.9 Å². The molecule has 0 atom stereocenters. The van der Waals surface area contributed by atoms with E-state index in [1.807, 2.05) is 12.1 Å². The number of ether oxygens (including phenoxy) is 1. The van der Waals surface area contributed by atoms with Crippen LogP contribution in [0, 0.1) is 0 Å². The van der Waals surface area contributed by atoms with Crippen LogP contribution in [0.25, 0.3) is 21.3 Å². The SMILES string of the molecule is COc1ccc(-c2csc3ncnc(N(C)Cc4cccs4)c23)cc1. The molecule has 0 aliphatic heterocycles. The Morgan fingerprint density at radius 1 is 1.08 bits per heavy atom. The predicted molar refractivity (Wildman–Crippen MR) is 106 cm³/mol. The highest BCUT2D eigenvalue weighted by Crippen LogP contribution is 2.38. The van der Waals surface area contributed by atoms with Gasteiger partial charge < -0.3 is 9.64 Å². The maximum absolute atomic E-state index is 5.27. The monoisotopic (exact) mass is 367 g/mol. The highest BCUT2D eigenvalue weighted by molar-refractivity contribution is 7.17. The van der Waals surface area contributed by atoms with Gasteiger partial charge in [-0.3, -0.25) is 0 Å². The summed E-state index contributed by atoms with van der Waals surface area (Å²) in [7, 11) is 3.76. The number of hydrogen-bond donors (Lipinski definition) is 0. The third-order valence-electron chi connectivity index (χ3n) is 4.09. The van der Waals surface area contributed by atoms with Crippen LogP contribution in [0.1, 0.15) is 4.88 Å². The molecule has 4 aromatic rings. The molecule has 0 radical (unpaired) electrons. The highest BCUT2D eigenvalue weighted by Gasteiger charge is 2.16. The zero-order chi connectivity index (χ0) is 17.2. The summed E-state index contributed by atoms with van der Waals surface area (Å²) in [5.74, 6) is 1.82. The van der Waals surface area contributed by atoms with Gasteiger partial charge in [0.1, 0.15) is 22.7 Å². The van der Waals surface area contributed by atoms with Crippen molar-refractivity contribution in [2.75, 3.05) is 19.1 Å². The first-order valence-electron chi connectivity index (χ1n) is 7.86. The third kappa shape index (κ3) is 3.10.